The van der Waals surface area contributed by atoms with Crippen molar-refractivity contribution in [1.82, 2.24) is 10.2 Å². The first-order chi connectivity index (χ1) is 12.0. The summed E-state index contributed by atoms with van der Waals surface area (Å²) in [6, 6.07) is 7.93. The highest BCUT2D eigenvalue weighted by molar-refractivity contribution is 6.07. The lowest BCUT2D eigenvalue weighted by Crippen LogP contribution is -2.42. The molecule has 1 heterocycles. The fourth-order valence-electron chi connectivity index (χ4n) is 3.99. The predicted octanol–water partition coefficient (Wildman–Crippen LogP) is 2.74. The molecule has 1 N–H and O–H groups in total. The molecule has 5 nitrogen and oxygen atoms in total. The van der Waals surface area contributed by atoms with Gasteiger partial charge in [-0.3, -0.25) is 19.3 Å². The molecule has 1 aliphatic carbocycles. The fraction of sp³-hybridized carbons (Fsp3) is 0.550. The third-order valence-corrected chi connectivity index (χ3v) is 5.46. The van der Waals surface area contributed by atoms with Gasteiger partial charge < -0.3 is 5.32 Å². The lowest BCUT2D eigenvalue weighted by Gasteiger charge is -2.20. The van der Waals surface area contributed by atoms with Crippen molar-refractivity contribution in [2.75, 3.05) is 6.54 Å². The number of nitrogens with zero attached hydrogens (tertiary/aromatic N) is 1. The molecule has 3 unspecified atom stereocenters. The molecule has 0 aromatic heterocycles. The number of imide groups is 1. The molecule has 1 aromatic rings. The summed E-state index contributed by atoms with van der Waals surface area (Å²) in [6.07, 6.45) is 4.28. The molecule has 1 saturated heterocycles. The van der Waals surface area contributed by atoms with Crippen molar-refractivity contribution < 1.29 is 14.4 Å². The maximum atomic E-state index is 12.5. The molecule has 1 saturated carbocycles. The predicted molar refractivity (Wildman–Crippen MR) is 94.5 cm³/mol. The second-order valence-corrected chi connectivity index (χ2v) is 7.20. The van der Waals surface area contributed by atoms with Crippen LogP contribution in [0.4, 0.5) is 0 Å². The Hall–Kier alpha value is -2.17. The van der Waals surface area contributed by atoms with Crippen molar-refractivity contribution in [3.05, 3.63) is 35.4 Å². The summed E-state index contributed by atoms with van der Waals surface area (Å²) in [5.74, 6) is -0.990. The molecule has 3 rings (SSSR count). The van der Waals surface area contributed by atoms with Gasteiger partial charge >= 0.3 is 0 Å². The first-order valence-electron chi connectivity index (χ1n) is 9.22. The molecule has 134 valence electrons. The molecule has 2 fully saturated rings. The summed E-state index contributed by atoms with van der Waals surface area (Å²) in [5, 5.41) is 2.97. The summed E-state index contributed by atoms with van der Waals surface area (Å²) in [4.78, 5) is 38.6. The van der Waals surface area contributed by atoms with Gasteiger partial charge in [-0.15, -0.1) is 0 Å². The summed E-state index contributed by atoms with van der Waals surface area (Å²) in [7, 11) is 0. The Morgan fingerprint density at radius 2 is 1.68 bits per heavy atom. The minimum atomic E-state index is -0.271. The summed E-state index contributed by atoms with van der Waals surface area (Å²) >= 11 is 0. The Kier molecular flexibility index (Phi) is 5.21. The van der Waals surface area contributed by atoms with Crippen molar-refractivity contribution in [2.24, 2.45) is 11.8 Å². The van der Waals surface area contributed by atoms with Gasteiger partial charge in [-0.2, -0.15) is 0 Å². The van der Waals surface area contributed by atoms with Crippen LogP contribution >= 0.6 is 0 Å². The average molecular weight is 342 g/mol. The number of carbonyl (C=O) groups excluding carboxylic acids is 3. The van der Waals surface area contributed by atoms with Gasteiger partial charge in [0.15, 0.2) is 0 Å². The van der Waals surface area contributed by atoms with E-state index < -0.39 is 0 Å². The first kappa shape index (κ1) is 17.6. The van der Waals surface area contributed by atoms with Crippen LogP contribution in [-0.4, -0.2) is 29.2 Å². The Labute approximate surface area is 148 Å². The Morgan fingerprint density at radius 3 is 2.20 bits per heavy atom. The van der Waals surface area contributed by atoms with Crippen LogP contribution in [0.3, 0.4) is 0 Å². The van der Waals surface area contributed by atoms with Gasteiger partial charge in [0.1, 0.15) is 6.54 Å². The number of fused-ring (bicyclic) bond motifs is 1. The molecule has 25 heavy (non-hydrogen) atoms. The van der Waals surface area contributed by atoms with Gasteiger partial charge in [0.25, 0.3) is 0 Å². The van der Waals surface area contributed by atoms with E-state index >= 15 is 0 Å². The zero-order chi connectivity index (χ0) is 18.0. The summed E-state index contributed by atoms with van der Waals surface area (Å²) in [6.45, 7) is 3.87. The Morgan fingerprint density at radius 1 is 1.12 bits per heavy atom. The van der Waals surface area contributed by atoms with E-state index in [0.29, 0.717) is 0 Å². The zero-order valence-corrected chi connectivity index (χ0v) is 15.0. The Bertz CT molecular complexity index is 644. The van der Waals surface area contributed by atoms with Gasteiger partial charge in [-0.25, -0.2) is 0 Å². The first-order valence-corrected chi connectivity index (χ1v) is 9.22. The van der Waals surface area contributed by atoms with E-state index in [4.69, 9.17) is 0 Å². The number of benzene rings is 1. The van der Waals surface area contributed by atoms with Crippen molar-refractivity contribution in [3.63, 3.8) is 0 Å². The van der Waals surface area contributed by atoms with E-state index in [0.717, 1.165) is 37.7 Å². The molecular formula is C20H26N2O3. The molecule has 1 aromatic carbocycles. The second kappa shape index (κ2) is 7.38. The number of carbonyl (C=O) groups is 3. The average Bonchev–Trinajstić information content (AvgIpc) is 2.86. The number of nitrogens with one attached hydrogen (secondary N) is 1. The van der Waals surface area contributed by atoms with E-state index in [1.807, 2.05) is 38.1 Å². The largest absolute Gasteiger partial charge is 0.348 e. The van der Waals surface area contributed by atoms with Crippen LogP contribution in [0.25, 0.3) is 0 Å². The molecule has 2 aliphatic rings. The highest BCUT2D eigenvalue weighted by Crippen LogP contribution is 2.37. The SMILES string of the molecule is CCC(NC(=O)CN1C(=O)C2CCCCC2C1=O)c1ccc(C)cc1. The van der Waals surface area contributed by atoms with Crippen molar-refractivity contribution in [2.45, 2.75) is 52.0 Å². The maximum absolute atomic E-state index is 12.5. The highest BCUT2D eigenvalue weighted by Gasteiger charge is 2.48. The molecule has 0 spiro atoms. The van der Waals surface area contributed by atoms with Crippen LogP contribution in [0, 0.1) is 18.8 Å². The molecular weight excluding hydrogens is 316 g/mol. The highest BCUT2D eigenvalue weighted by atomic mass is 16.2. The standard InChI is InChI=1S/C20H26N2O3/c1-3-17(14-10-8-13(2)9-11-14)21-18(23)12-22-19(24)15-6-4-5-7-16(15)20(22)25/h8-11,15-17H,3-7,12H2,1-2H3,(H,21,23). The molecule has 0 bridgehead atoms. The molecule has 5 heteroatoms. The minimum absolute atomic E-state index is 0.108. The van der Waals surface area contributed by atoms with Gasteiger partial charge in [0, 0.05) is 0 Å². The van der Waals surface area contributed by atoms with Gasteiger partial charge in [0.2, 0.25) is 17.7 Å². The van der Waals surface area contributed by atoms with Crippen LogP contribution in [0.15, 0.2) is 24.3 Å². The van der Waals surface area contributed by atoms with Crippen molar-refractivity contribution in [3.8, 4) is 0 Å². The van der Waals surface area contributed by atoms with Gasteiger partial charge in [0.05, 0.1) is 17.9 Å². The van der Waals surface area contributed by atoms with Crippen molar-refractivity contribution >= 4 is 17.7 Å². The molecule has 3 atom stereocenters. The van der Waals surface area contributed by atoms with Gasteiger partial charge in [-0.1, -0.05) is 49.6 Å². The zero-order valence-electron chi connectivity index (χ0n) is 15.0. The third kappa shape index (κ3) is 3.60. The topological polar surface area (TPSA) is 66.5 Å². The van der Waals surface area contributed by atoms with E-state index in [9.17, 15) is 14.4 Å². The van der Waals surface area contributed by atoms with E-state index in [-0.39, 0.29) is 42.1 Å². The normalized spacial score (nSPS) is 24.2. The van der Waals surface area contributed by atoms with E-state index in [1.165, 1.54) is 10.5 Å². The quantitative estimate of drug-likeness (QED) is 0.837. The number of likely N-dealkylation sites (tertiary alicyclic amines) is 1. The van der Waals surface area contributed by atoms with E-state index in [1.54, 1.807) is 0 Å². The molecule has 1 aliphatic heterocycles. The molecule has 3 amide bonds. The van der Waals surface area contributed by atoms with Gasteiger partial charge in [-0.05, 0) is 31.7 Å². The summed E-state index contributed by atoms with van der Waals surface area (Å²) < 4.78 is 0. The van der Waals surface area contributed by atoms with Crippen LogP contribution in [0.1, 0.15) is 56.2 Å². The lowest BCUT2D eigenvalue weighted by molar-refractivity contribution is -0.143. The number of rotatable bonds is 5. The van der Waals surface area contributed by atoms with Crippen LogP contribution in [0.2, 0.25) is 0 Å². The van der Waals surface area contributed by atoms with Crippen LogP contribution in [-0.2, 0) is 14.4 Å². The van der Waals surface area contributed by atoms with Crippen LogP contribution < -0.4 is 5.32 Å². The molecule has 0 radical (unpaired) electrons. The second-order valence-electron chi connectivity index (χ2n) is 7.20. The third-order valence-electron chi connectivity index (χ3n) is 5.46. The number of amides is 3. The van der Waals surface area contributed by atoms with E-state index in [2.05, 4.69) is 5.32 Å². The Balaban J connectivity index is 1.64. The fourth-order valence-corrected chi connectivity index (χ4v) is 3.99. The lowest BCUT2D eigenvalue weighted by atomic mass is 9.81. The minimum Gasteiger partial charge on any atom is -0.348 e. The van der Waals surface area contributed by atoms with Crippen molar-refractivity contribution in [1.29, 1.82) is 0 Å². The monoisotopic (exact) mass is 342 g/mol. The smallest absolute Gasteiger partial charge is 0.240 e. The maximum Gasteiger partial charge on any atom is 0.240 e. The number of hydrogen-bond acceptors (Lipinski definition) is 3. The van der Waals surface area contributed by atoms with Crippen LogP contribution in [0.5, 0.6) is 0 Å². The number of hydrogen-bond donors (Lipinski definition) is 1. The number of aryl methyl sites for hydroxylation is 1. The summed E-state index contributed by atoms with van der Waals surface area (Å²) in [5.41, 5.74) is 2.20.